The highest BCUT2D eigenvalue weighted by atomic mass is 16.5. The van der Waals surface area contributed by atoms with Crippen molar-refractivity contribution in [1.29, 1.82) is 0 Å². The number of hydrogen-bond acceptors (Lipinski definition) is 1. The van der Waals surface area contributed by atoms with Gasteiger partial charge in [0.1, 0.15) is 0 Å². The summed E-state index contributed by atoms with van der Waals surface area (Å²) >= 11 is 0. The Balaban J connectivity index is 4.32. The van der Waals surface area contributed by atoms with Gasteiger partial charge in [-0.25, -0.2) is 0 Å². The van der Waals surface area contributed by atoms with Crippen molar-refractivity contribution >= 4 is 0 Å². The molecule has 16 heavy (non-hydrogen) atoms. The second kappa shape index (κ2) is 10.1. The Morgan fingerprint density at radius 1 is 0.688 bits per heavy atom. The summed E-state index contributed by atoms with van der Waals surface area (Å²) in [4.78, 5) is 0. The van der Waals surface area contributed by atoms with E-state index in [4.69, 9.17) is 4.74 Å². The molecule has 0 fully saturated rings. The summed E-state index contributed by atoms with van der Waals surface area (Å²) in [5.41, 5.74) is 0.205. The van der Waals surface area contributed by atoms with Gasteiger partial charge in [0.05, 0.1) is 5.60 Å². The zero-order valence-corrected chi connectivity index (χ0v) is 12.0. The third-order valence-electron chi connectivity index (χ3n) is 3.41. The van der Waals surface area contributed by atoms with Crippen LogP contribution in [0.5, 0.6) is 0 Å². The Morgan fingerprint density at radius 3 is 1.31 bits per heavy atom. The molecule has 1 heteroatoms. The van der Waals surface area contributed by atoms with Crippen molar-refractivity contribution in [3.8, 4) is 0 Å². The molecule has 0 saturated carbocycles. The third kappa shape index (κ3) is 6.52. The molecule has 0 N–H and O–H groups in total. The fraction of sp³-hybridized carbons (Fsp3) is 1.00. The molecule has 0 unspecified atom stereocenters. The topological polar surface area (TPSA) is 9.23 Å². The van der Waals surface area contributed by atoms with E-state index in [1.54, 1.807) is 0 Å². The molecule has 0 aliphatic rings. The first-order chi connectivity index (χ1) is 7.74. The van der Waals surface area contributed by atoms with Gasteiger partial charge in [-0.15, -0.1) is 0 Å². The Kier molecular flexibility index (Phi) is 10.1. The van der Waals surface area contributed by atoms with Crippen LogP contribution in [0.15, 0.2) is 0 Å². The molecule has 0 aliphatic carbocycles. The average Bonchev–Trinajstić information content (AvgIpc) is 2.31. The lowest BCUT2D eigenvalue weighted by Crippen LogP contribution is -2.33. The standard InChI is InChI=1S/C15H32O/c1-5-9-12-15(16-8-4,13-10-6-2)14-11-7-3/h5-14H2,1-4H3. The minimum Gasteiger partial charge on any atom is -0.375 e. The number of ether oxygens (including phenoxy) is 1. The van der Waals surface area contributed by atoms with Crippen LogP contribution >= 0.6 is 0 Å². The zero-order chi connectivity index (χ0) is 12.3. The highest BCUT2D eigenvalue weighted by molar-refractivity contribution is 4.80. The first-order valence-corrected chi connectivity index (χ1v) is 7.38. The van der Waals surface area contributed by atoms with Gasteiger partial charge in [0.2, 0.25) is 0 Å². The van der Waals surface area contributed by atoms with E-state index in [1.165, 1.54) is 57.8 Å². The van der Waals surface area contributed by atoms with Crippen molar-refractivity contribution in [2.45, 2.75) is 91.1 Å². The van der Waals surface area contributed by atoms with Gasteiger partial charge in [0.25, 0.3) is 0 Å². The lowest BCUT2D eigenvalue weighted by molar-refractivity contribution is -0.0617. The van der Waals surface area contributed by atoms with Crippen LogP contribution in [0.4, 0.5) is 0 Å². The second-order valence-corrected chi connectivity index (χ2v) is 4.93. The molecular formula is C15H32O. The molecule has 0 atom stereocenters. The molecular weight excluding hydrogens is 196 g/mol. The van der Waals surface area contributed by atoms with E-state index in [-0.39, 0.29) is 5.60 Å². The molecule has 0 aromatic heterocycles. The maximum Gasteiger partial charge on any atom is 0.0682 e. The van der Waals surface area contributed by atoms with Crippen molar-refractivity contribution in [3.05, 3.63) is 0 Å². The Bertz CT molecular complexity index is 121. The summed E-state index contributed by atoms with van der Waals surface area (Å²) in [6.07, 6.45) is 11.6. The van der Waals surface area contributed by atoms with Gasteiger partial charge in [-0.1, -0.05) is 59.3 Å². The lowest BCUT2D eigenvalue weighted by Gasteiger charge is -2.34. The molecule has 0 bridgehead atoms. The molecule has 0 saturated heterocycles. The van der Waals surface area contributed by atoms with Gasteiger partial charge in [0, 0.05) is 6.61 Å². The van der Waals surface area contributed by atoms with Crippen molar-refractivity contribution < 1.29 is 4.74 Å². The van der Waals surface area contributed by atoms with Gasteiger partial charge in [0.15, 0.2) is 0 Å². The van der Waals surface area contributed by atoms with Gasteiger partial charge >= 0.3 is 0 Å². The normalized spacial score (nSPS) is 12.0. The minimum absolute atomic E-state index is 0.205. The third-order valence-corrected chi connectivity index (χ3v) is 3.41. The molecule has 0 aromatic carbocycles. The van der Waals surface area contributed by atoms with E-state index in [0.717, 1.165) is 6.61 Å². The van der Waals surface area contributed by atoms with Crippen LogP contribution in [-0.2, 0) is 4.74 Å². The fourth-order valence-electron chi connectivity index (χ4n) is 2.39. The summed E-state index contributed by atoms with van der Waals surface area (Å²) in [7, 11) is 0. The second-order valence-electron chi connectivity index (χ2n) is 4.93. The summed E-state index contributed by atoms with van der Waals surface area (Å²) < 4.78 is 6.14. The predicted octanol–water partition coefficient (Wildman–Crippen LogP) is 5.33. The van der Waals surface area contributed by atoms with Crippen LogP contribution in [0, 0.1) is 0 Å². The number of rotatable bonds is 11. The van der Waals surface area contributed by atoms with Crippen LogP contribution in [0.25, 0.3) is 0 Å². The molecule has 1 nitrogen and oxygen atoms in total. The molecule has 0 heterocycles. The molecule has 0 aromatic rings. The van der Waals surface area contributed by atoms with E-state index in [0.29, 0.717) is 0 Å². The van der Waals surface area contributed by atoms with E-state index in [1.807, 2.05) is 0 Å². The van der Waals surface area contributed by atoms with Gasteiger partial charge in [-0.05, 0) is 26.2 Å². The quantitative estimate of drug-likeness (QED) is 0.464. The van der Waals surface area contributed by atoms with Gasteiger partial charge in [-0.2, -0.15) is 0 Å². The molecule has 0 amide bonds. The molecule has 0 radical (unpaired) electrons. The maximum absolute atomic E-state index is 6.14. The Hall–Kier alpha value is -0.0400. The van der Waals surface area contributed by atoms with Crippen LogP contribution in [-0.4, -0.2) is 12.2 Å². The summed E-state index contributed by atoms with van der Waals surface area (Å²) in [6, 6.07) is 0. The summed E-state index contributed by atoms with van der Waals surface area (Å²) in [5, 5.41) is 0. The van der Waals surface area contributed by atoms with Crippen LogP contribution in [0.1, 0.15) is 85.5 Å². The highest BCUT2D eigenvalue weighted by Gasteiger charge is 2.28. The van der Waals surface area contributed by atoms with E-state index >= 15 is 0 Å². The van der Waals surface area contributed by atoms with Gasteiger partial charge in [-0.3, -0.25) is 0 Å². The highest BCUT2D eigenvalue weighted by Crippen LogP contribution is 2.31. The SMILES string of the molecule is CCCCC(CCCC)(CCCC)OCC. The molecule has 0 rings (SSSR count). The van der Waals surface area contributed by atoms with E-state index in [2.05, 4.69) is 27.7 Å². The fourth-order valence-corrected chi connectivity index (χ4v) is 2.39. The first kappa shape index (κ1) is 16.0. The largest absolute Gasteiger partial charge is 0.375 e. The average molecular weight is 228 g/mol. The van der Waals surface area contributed by atoms with Crippen molar-refractivity contribution in [2.75, 3.05) is 6.61 Å². The smallest absolute Gasteiger partial charge is 0.0682 e. The minimum atomic E-state index is 0.205. The number of unbranched alkanes of at least 4 members (excludes halogenated alkanes) is 3. The maximum atomic E-state index is 6.14. The van der Waals surface area contributed by atoms with Crippen molar-refractivity contribution in [1.82, 2.24) is 0 Å². The zero-order valence-electron chi connectivity index (χ0n) is 12.0. The molecule has 0 spiro atoms. The molecule has 98 valence electrons. The van der Waals surface area contributed by atoms with Crippen molar-refractivity contribution in [2.24, 2.45) is 0 Å². The van der Waals surface area contributed by atoms with E-state index < -0.39 is 0 Å². The van der Waals surface area contributed by atoms with E-state index in [9.17, 15) is 0 Å². The number of hydrogen-bond donors (Lipinski definition) is 0. The van der Waals surface area contributed by atoms with Crippen LogP contribution in [0.3, 0.4) is 0 Å². The van der Waals surface area contributed by atoms with Crippen LogP contribution < -0.4 is 0 Å². The van der Waals surface area contributed by atoms with Gasteiger partial charge < -0.3 is 4.74 Å². The predicted molar refractivity (Wildman–Crippen MR) is 72.9 cm³/mol. The molecule has 0 aliphatic heterocycles. The summed E-state index contributed by atoms with van der Waals surface area (Å²) in [6.45, 7) is 9.83. The monoisotopic (exact) mass is 228 g/mol. The first-order valence-electron chi connectivity index (χ1n) is 7.38. The Labute approximate surface area is 103 Å². The van der Waals surface area contributed by atoms with Crippen LogP contribution in [0.2, 0.25) is 0 Å². The lowest BCUT2D eigenvalue weighted by atomic mass is 9.86. The summed E-state index contributed by atoms with van der Waals surface area (Å²) in [5.74, 6) is 0. The Morgan fingerprint density at radius 2 is 1.06 bits per heavy atom. The van der Waals surface area contributed by atoms with Crippen molar-refractivity contribution in [3.63, 3.8) is 0 Å².